The summed E-state index contributed by atoms with van der Waals surface area (Å²) in [7, 11) is 0. The van der Waals surface area contributed by atoms with Gasteiger partial charge in [-0.2, -0.15) is 0 Å². The molecule has 0 unspecified atom stereocenters. The van der Waals surface area contributed by atoms with E-state index >= 15 is 0 Å². The van der Waals surface area contributed by atoms with Crippen molar-refractivity contribution in [2.75, 3.05) is 39.6 Å². The monoisotopic (exact) mass is 489 g/mol. The second-order valence-corrected chi connectivity index (χ2v) is 9.62. The molecule has 0 aliphatic heterocycles. The van der Waals surface area contributed by atoms with Crippen molar-refractivity contribution in [3.05, 3.63) is 36.8 Å². The van der Waals surface area contributed by atoms with E-state index in [4.69, 9.17) is 14.2 Å². The van der Waals surface area contributed by atoms with Gasteiger partial charge in [0, 0.05) is 41.1 Å². The third-order valence-electron chi connectivity index (χ3n) is 5.97. The Bertz CT molecular complexity index is 691. The summed E-state index contributed by atoms with van der Waals surface area (Å²) in [5, 5.41) is 0. The van der Waals surface area contributed by atoms with Crippen molar-refractivity contribution in [2.45, 2.75) is 75.2 Å². The van der Waals surface area contributed by atoms with Gasteiger partial charge in [0.05, 0.1) is 39.6 Å². The molecule has 6 heteroatoms. The maximum Gasteiger partial charge on any atom is 0.0665 e. The fourth-order valence-electron chi connectivity index (χ4n) is 2.50. The molecule has 0 aliphatic rings. The van der Waals surface area contributed by atoms with Gasteiger partial charge in [0.1, 0.15) is 0 Å². The minimum Gasteiger partial charge on any atom is -0.377 e. The molecule has 0 radical (unpaired) electrons. The van der Waals surface area contributed by atoms with Crippen molar-refractivity contribution in [2.24, 2.45) is 32.2 Å². The van der Waals surface area contributed by atoms with E-state index in [-0.39, 0.29) is 5.41 Å². The van der Waals surface area contributed by atoms with Crippen LogP contribution in [0.1, 0.15) is 75.2 Å². The molecule has 200 valence electrons. The number of aliphatic imine (C=N–C) groups is 3. The normalized spacial score (nSPS) is 16.0. The molecule has 0 amide bonds. The summed E-state index contributed by atoms with van der Waals surface area (Å²) >= 11 is 0. The Balaban J connectivity index is 4.92. The molecule has 0 saturated heterocycles. The highest BCUT2D eigenvalue weighted by Crippen LogP contribution is 2.24. The van der Waals surface area contributed by atoms with E-state index < -0.39 is 0 Å². The van der Waals surface area contributed by atoms with Gasteiger partial charge in [0.25, 0.3) is 0 Å². The van der Waals surface area contributed by atoms with Gasteiger partial charge in [-0.25, -0.2) is 0 Å². The van der Waals surface area contributed by atoms with Crippen LogP contribution >= 0.6 is 0 Å². The van der Waals surface area contributed by atoms with Crippen LogP contribution in [-0.4, -0.2) is 56.8 Å². The first kappa shape index (κ1) is 33.1. The first-order valence-electron chi connectivity index (χ1n) is 13.0. The van der Waals surface area contributed by atoms with Crippen LogP contribution in [0.4, 0.5) is 0 Å². The van der Waals surface area contributed by atoms with Crippen LogP contribution in [0.15, 0.2) is 51.8 Å². The average molecular weight is 490 g/mol. The zero-order valence-corrected chi connectivity index (χ0v) is 23.8. The highest BCUT2D eigenvalue weighted by Gasteiger charge is 2.29. The van der Waals surface area contributed by atoms with E-state index in [2.05, 4.69) is 56.5 Å². The van der Waals surface area contributed by atoms with Crippen molar-refractivity contribution in [1.29, 1.82) is 0 Å². The largest absolute Gasteiger partial charge is 0.377 e. The maximum absolute atomic E-state index is 6.00. The Morgan fingerprint density at radius 2 is 1.03 bits per heavy atom. The van der Waals surface area contributed by atoms with E-state index in [1.165, 1.54) is 0 Å². The molecule has 0 rings (SSSR count). The van der Waals surface area contributed by atoms with Crippen LogP contribution < -0.4 is 0 Å². The predicted molar refractivity (Wildman–Crippen MR) is 152 cm³/mol. The van der Waals surface area contributed by atoms with Gasteiger partial charge in [-0.15, -0.1) is 0 Å². The number of hydrogen-bond donors (Lipinski definition) is 0. The smallest absolute Gasteiger partial charge is 0.0665 e. The molecule has 0 aromatic carbocycles. The lowest BCUT2D eigenvalue weighted by molar-refractivity contribution is -0.0588. The van der Waals surface area contributed by atoms with E-state index in [0.717, 1.165) is 30.0 Å². The highest BCUT2D eigenvalue weighted by molar-refractivity contribution is 5.84. The standard InChI is InChI=1S/C29H51N3O3/c1-10-26(7)30-15-12-18-33-21-29(11-2,22-34-19-13-16-31-27(8)24(3)4)23-35-20-14-17-32-28(9)25(5)6/h12-17,24-25H,10-11,18-23H2,1-9H3/b15-12+,16-13+,17-14+,30-26?,31-27?,32-28?. The summed E-state index contributed by atoms with van der Waals surface area (Å²) in [5.74, 6) is 0.893. The van der Waals surface area contributed by atoms with Crippen LogP contribution in [0.2, 0.25) is 0 Å². The lowest BCUT2D eigenvalue weighted by atomic mass is 9.88. The summed E-state index contributed by atoms with van der Waals surface area (Å²) in [5.41, 5.74) is 3.09. The van der Waals surface area contributed by atoms with E-state index in [0.29, 0.717) is 51.5 Å². The molecular weight excluding hydrogens is 438 g/mol. The second-order valence-electron chi connectivity index (χ2n) is 9.62. The number of rotatable bonds is 19. The van der Waals surface area contributed by atoms with Crippen LogP contribution in [-0.2, 0) is 14.2 Å². The number of ether oxygens (including phenoxy) is 3. The van der Waals surface area contributed by atoms with Crippen molar-refractivity contribution < 1.29 is 14.2 Å². The molecule has 0 fully saturated rings. The summed E-state index contributed by atoms with van der Waals surface area (Å²) < 4.78 is 18.0. The van der Waals surface area contributed by atoms with Crippen LogP contribution in [0.25, 0.3) is 0 Å². The molecule has 0 aromatic heterocycles. The Morgan fingerprint density at radius 3 is 1.34 bits per heavy atom. The topological polar surface area (TPSA) is 64.8 Å². The third kappa shape index (κ3) is 17.2. The molecule has 0 N–H and O–H groups in total. The lowest BCUT2D eigenvalue weighted by Gasteiger charge is -2.31. The minimum absolute atomic E-state index is 0.230. The zero-order valence-electron chi connectivity index (χ0n) is 23.8. The number of hydrogen-bond acceptors (Lipinski definition) is 6. The molecule has 0 bridgehead atoms. The minimum atomic E-state index is -0.230. The van der Waals surface area contributed by atoms with Gasteiger partial charge in [0.2, 0.25) is 0 Å². The third-order valence-corrected chi connectivity index (χ3v) is 5.97. The van der Waals surface area contributed by atoms with Gasteiger partial charge < -0.3 is 14.2 Å². The summed E-state index contributed by atoms with van der Waals surface area (Å²) in [6.45, 7) is 22.1. The van der Waals surface area contributed by atoms with E-state index in [1.54, 1.807) is 0 Å². The van der Waals surface area contributed by atoms with Crippen LogP contribution in [0.5, 0.6) is 0 Å². The van der Waals surface area contributed by atoms with Gasteiger partial charge in [-0.3, -0.25) is 15.0 Å². The molecule has 0 aromatic rings. The van der Waals surface area contributed by atoms with Crippen molar-refractivity contribution in [3.63, 3.8) is 0 Å². The lowest BCUT2D eigenvalue weighted by Crippen LogP contribution is -2.37. The average Bonchev–Trinajstić information content (AvgIpc) is 2.84. The Labute approximate surface area is 215 Å². The van der Waals surface area contributed by atoms with Crippen LogP contribution in [0, 0.1) is 17.3 Å². The molecule has 0 saturated carbocycles. The Kier molecular flexibility index (Phi) is 19.2. The molecule has 0 heterocycles. The quantitative estimate of drug-likeness (QED) is 0.144. The summed E-state index contributed by atoms with van der Waals surface area (Å²) in [6.07, 6.45) is 13.1. The fraction of sp³-hybridized carbons (Fsp3) is 0.690. The van der Waals surface area contributed by atoms with Crippen molar-refractivity contribution in [1.82, 2.24) is 0 Å². The molecule has 6 nitrogen and oxygen atoms in total. The molecule has 0 spiro atoms. The first-order chi connectivity index (χ1) is 16.7. The number of nitrogens with zero attached hydrogens (tertiary/aromatic N) is 3. The van der Waals surface area contributed by atoms with Crippen molar-refractivity contribution >= 4 is 17.1 Å². The second kappa shape index (κ2) is 20.3. The molecule has 0 aliphatic carbocycles. The predicted octanol–water partition coefficient (Wildman–Crippen LogP) is 7.08. The molecular formula is C29H51N3O3. The van der Waals surface area contributed by atoms with Gasteiger partial charge >= 0.3 is 0 Å². The SMILES string of the molecule is CCC(C)=N/C=C/COCC(CC)(COC/C=C/N=C(C)C(C)C)COC/C=C/N=C(C)C(C)C. The Hall–Kier alpha value is -1.89. The maximum atomic E-state index is 6.00. The van der Waals surface area contributed by atoms with Crippen molar-refractivity contribution in [3.8, 4) is 0 Å². The highest BCUT2D eigenvalue weighted by atomic mass is 16.5. The van der Waals surface area contributed by atoms with Gasteiger partial charge in [0.15, 0.2) is 0 Å². The summed E-state index contributed by atoms with van der Waals surface area (Å²) in [6, 6.07) is 0. The van der Waals surface area contributed by atoms with E-state index in [9.17, 15) is 0 Å². The Morgan fingerprint density at radius 1 is 0.657 bits per heavy atom. The van der Waals surface area contributed by atoms with Crippen LogP contribution in [0.3, 0.4) is 0 Å². The van der Waals surface area contributed by atoms with Gasteiger partial charge in [-0.1, -0.05) is 41.5 Å². The molecule has 0 atom stereocenters. The first-order valence-corrected chi connectivity index (χ1v) is 13.0. The fourth-order valence-corrected chi connectivity index (χ4v) is 2.50. The van der Waals surface area contributed by atoms with Gasteiger partial charge in [-0.05, 0) is 63.7 Å². The zero-order chi connectivity index (χ0) is 26.5. The summed E-state index contributed by atoms with van der Waals surface area (Å²) in [4.78, 5) is 13.3. The van der Waals surface area contributed by atoms with E-state index in [1.807, 2.05) is 57.6 Å². The molecule has 35 heavy (non-hydrogen) atoms.